The number of hydrogen-bond acceptors (Lipinski definition) is 0. The monoisotopic (exact) mass is 328 g/mol. The molecule has 0 N–H and O–H groups in total. The van der Waals surface area contributed by atoms with Crippen LogP contribution < -0.4 is 42.3 Å². The Kier molecular flexibility index (Phi) is 21500. The summed E-state index contributed by atoms with van der Waals surface area (Å²) in [6.07, 6.45) is 0. The van der Waals surface area contributed by atoms with Gasteiger partial charge in [-0.05, 0) is 0 Å². The predicted molar refractivity (Wildman–Crippen MR) is 11.5 cm³/mol. The average molecular weight is 329 g/mol. The molecule has 12 heteroatoms. The SMILES string of the molecule is [Al+3].[Ca+2].[F-].[F-].[F-].[F-].[F-].[F-].[F-].[F-].[F-].[Zr+4]. The van der Waals surface area contributed by atoms with E-state index < -0.39 is 0 Å². The molecule has 0 aliphatic heterocycles. The van der Waals surface area contributed by atoms with E-state index in [0.29, 0.717) is 0 Å². The molecule has 0 fully saturated rings. The quantitative estimate of drug-likeness (QED) is 0.306. The molecule has 0 heterocycles. The van der Waals surface area contributed by atoms with Gasteiger partial charge in [0.05, 0.1) is 0 Å². The van der Waals surface area contributed by atoms with Crippen LogP contribution in [0.1, 0.15) is 0 Å². The first-order chi connectivity index (χ1) is 0. The fraction of sp³-hybridized carbons (Fsp3) is 0. The molecular weight excluding hydrogens is 329 g/mol. The van der Waals surface area contributed by atoms with Crippen LogP contribution in [-0.2, 0) is 26.2 Å². The van der Waals surface area contributed by atoms with Crippen LogP contribution in [0.5, 0.6) is 0 Å². The third-order valence-corrected chi connectivity index (χ3v) is 0. The van der Waals surface area contributed by atoms with Crippen molar-refractivity contribution in [2.75, 3.05) is 0 Å². The Hall–Kier alpha value is 2.05. The first-order valence-electron chi connectivity index (χ1n) is 0. The molecule has 0 aromatic carbocycles. The van der Waals surface area contributed by atoms with E-state index in [4.69, 9.17) is 0 Å². The maximum Gasteiger partial charge on any atom is 4.00 e. The van der Waals surface area contributed by atoms with Gasteiger partial charge in [-0.1, -0.05) is 0 Å². The summed E-state index contributed by atoms with van der Waals surface area (Å²) in [5, 5.41) is 0. The summed E-state index contributed by atoms with van der Waals surface area (Å²) in [6.45, 7) is 0. The van der Waals surface area contributed by atoms with Crippen molar-refractivity contribution < 1.29 is 68.5 Å². The van der Waals surface area contributed by atoms with E-state index >= 15 is 0 Å². The second-order valence-corrected chi connectivity index (χ2v) is 0. The summed E-state index contributed by atoms with van der Waals surface area (Å²) in [5.74, 6) is 0. The van der Waals surface area contributed by atoms with Crippen molar-refractivity contribution in [3.8, 4) is 0 Å². The average Bonchev–Trinajstić information content (AvgIpc) is 0. The molecule has 0 atom stereocenters. The standard InChI is InChI=1S/Al.Ca.9FH.Zr/h;;9*1H;/q+3;+2;;;;;;;;;;+4/p-9. The summed E-state index contributed by atoms with van der Waals surface area (Å²) in [7, 11) is 0. The van der Waals surface area contributed by atoms with Crippen molar-refractivity contribution in [2.45, 2.75) is 0 Å². The summed E-state index contributed by atoms with van der Waals surface area (Å²) < 4.78 is 0. The van der Waals surface area contributed by atoms with E-state index in [1.54, 1.807) is 0 Å². The van der Waals surface area contributed by atoms with Gasteiger partial charge < -0.3 is 42.3 Å². The zero-order valence-corrected chi connectivity index (χ0v) is 11.0. The maximum absolute atomic E-state index is 0. The molecular formula is AlCaF9Zr. The van der Waals surface area contributed by atoms with Gasteiger partial charge in [0.1, 0.15) is 0 Å². The van der Waals surface area contributed by atoms with Gasteiger partial charge in [0.2, 0.25) is 0 Å². The minimum Gasteiger partial charge on any atom is -1.00 e. The topological polar surface area (TPSA) is 0 Å². The smallest absolute Gasteiger partial charge is 1.00 e. The second-order valence-electron chi connectivity index (χ2n) is 0. The van der Waals surface area contributed by atoms with Crippen molar-refractivity contribution in [3.05, 3.63) is 0 Å². The van der Waals surface area contributed by atoms with E-state index in [2.05, 4.69) is 0 Å². The van der Waals surface area contributed by atoms with Gasteiger partial charge in [0.25, 0.3) is 0 Å². The fourth-order valence-corrected chi connectivity index (χ4v) is 0. The van der Waals surface area contributed by atoms with Gasteiger partial charge in [0, 0.05) is 0 Å². The van der Waals surface area contributed by atoms with Gasteiger partial charge in [-0.3, -0.25) is 0 Å². The third-order valence-electron chi connectivity index (χ3n) is 0. The first kappa shape index (κ1) is 571. The molecule has 0 aliphatic carbocycles. The molecule has 0 saturated carbocycles. The van der Waals surface area contributed by atoms with Crippen LogP contribution in [0.25, 0.3) is 0 Å². The zero-order chi connectivity index (χ0) is 0. The van der Waals surface area contributed by atoms with Crippen molar-refractivity contribution in [2.24, 2.45) is 0 Å². The Morgan fingerprint density at radius 2 is 0.333 bits per heavy atom. The first-order valence-corrected chi connectivity index (χ1v) is 0. The molecule has 0 aromatic rings. The fourth-order valence-electron chi connectivity index (χ4n) is 0. The normalized spacial score (nSPS) is 0. The number of hydrogen-bond donors (Lipinski definition) is 0. The molecule has 72 valence electrons. The summed E-state index contributed by atoms with van der Waals surface area (Å²) in [6, 6.07) is 0. The van der Waals surface area contributed by atoms with Gasteiger partial charge >= 0.3 is 81.3 Å². The molecule has 0 nitrogen and oxygen atoms in total. The van der Waals surface area contributed by atoms with E-state index in [-0.39, 0.29) is 124 Å². The number of rotatable bonds is 0. The van der Waals surface area contributed by atoms with E-state index in [1.165, 1.54) is 0 Å². The Morgan fingerprint density at radius 3 is 0.333 bits per heavy atom. The molecule has 12 heavy (non-hydrogen) atoms. The Balaban J connectivity index is 0. The number of halogens is 9. The van der Waals surface area contributed by atoms with Gasteiger partial charge in [-0.2, -0.15) is 0 Å². The van der Waals surface area contributed by atoms with Crippen LogP contribution in [0.15, 0.2) is 0 Å². The van der Waals surface area contributed by atoms with Gasteiger partial charge in [-0.25, -0.2) is 0 Å². The maximum atomic E-state index is 0. The Morgan fingerprint density at radius 1 is 0.333 bits per heavy atom. The van der Waals surface area contributed by atoms with Crippen LogP contribution in [0.3, 0.4) is 0 Å². The molecule has 0 amide bonds. The van der Waals surface area contributed by atoms with Gasteiger partial charge in [0.15, 0.2) is 0 Å². The van der Waals surface area contributed by atoms with E-state index in [1.807, 2.05) is 0 Å². The van der Waals surface area contributed by atoms with E-state index in [0.717, 1.165) is 0 Å². The molecule has 0 rings (SSSR count). The van der Waals surface area contributed by atoms with Crippen molar-refractivity contribution in [1.82, 2.24) is 0 Å². The minimum atomic E-state index is 0. The molecule has 0 bridgehead atoms. The van der Waals surface area contributed by atoms with Crippen LogP contribution in [-0.4, -0.2) is 55.1 Å². The molecule has 0 unspecified atom stereocenters. The molecule has 0 aromatic heterocycles. The predicted octanol–water partition coefficient (Wildman–Crippen LogP) is -27.7. The third kappa shape index (κ3) is 351. The van der Waals surface area contributed by atoms with Crippen LogP contribution >= 0.6 is 0 Å². The van der Waals surface area contributed by atoms with E-state index in [9.17, 15) is 0 Å². The van der Waals surface area contributed by atoms with Crippen LogP contribution in [0.4, 0.5) is 0 Å². The van der Waals surface area contributed by atoms with Crippen molar-refractivity contribution in [1.29, 1.82) is 0 Å². The summed E-state index contributed by atoms with van der Waals surface area (Å²) in [4.78, 5) is 0. The van der Waals surface area contributed by atoms with Crippen molar-refractivity contribution >= 4 is 55.1 Å². The molecule has 0 spiro atoms. The summed E-state index contributed by atoms with van der Waals surface area (Å²) in [5.41, 5.74) is 0. The van der Waals surface area contributed by atoms with Crippen LogP contribution in [0, 0.1) is 0 Å². The van der Waals surface area contributed by atoms with Crippen molar-refractivity contribution in [3.63, 3.8) is 0 Å². The Labute approximate surface area is 122 Å². The minimum absolute atomic E-state index is 0. The van der Waals surface area contributed by atoms with Gasteiger partial charge in [-0.15, -0.1) is 0 Å². The molecule has 0 saturated heterocycles. The summed E-state index contributed by atoms with van der Waals surface area (Å²) >= 11 is 0. The molecule has 0 aliphatic rings. The Bertz CT molecular complexity index is 14.5. The molecule has 0 radical (unpaired) electrons. The van der Waals surface area contributed by atoms with Crippen LogP contribution in [0.2, 0.25) is 0 Å². The zero-order valence-electron chi connectivity index (χ0n) is 5.19. The second kappa shape index (κ2) is 452. The largest absolute Gasteiger partial charge is 4.00 e.